The number of fused-ring (bicyclic) bond motifs is 3. The van der Waals surface area contributed by atoms with Crippen LogP contribution in [-0.2, 0) is 5.41 Å². The predicted molar refractivity (Wildman–Crippen MR) is 347 cm³/mol. The third-order valence-corrected chi connectivity index (χ3v) is 15.7. The molecule has 88 heavy (non-hydrogen) atoms. The molecule has 0 unspecified atom stereocenters. The average Bonchev–Trinajstić information content (AvgIpc) is 1.55. The molecular formula is C78H54Cl2O8. The minimum absolute atomic E-state index is 0.0227. The molecule has 428 valence electrons. The lowest BCUT2D eigenvalue weighted by Gasteiger charge is -2.34. The summed E-state index contributed by atoms with van der Waals surface area (Å²) in [6.07, 6.45) is 0. The third-order valence-electron chi connectivity index (χ3n) is 15.2. The minimum Gasteiger partial charge on any atom is -0.497 e. The van der Waals surface area contributed by atoms with Crippen LogP contribution in [0.25, 0.3) is 11.1 Å². The van der Waals surface area contributed by atoms with Crippen LogP contribution in [0, 0.1) is 6.92 Å². The molecule has 0 aromatic heterocycles. The second-order valence-electron chi connectivity index (χ2n) is 20.9. The number of benzene rings is 12. The van der Waals surface area contributed by atoms with Gasteiger partial charge in [-0.15, -0.1) is 0 Å². The molecule has 1 aliphatic rings. The van der Waals surface area contributed by atoms with Crippen LogP contribution in [0.4, 0.5) is 0 Å². The molecule has 0 radical (unpaired) electrons. The van der Waals surface area contributed by atoms with E-state index in [0.29, 0.717) is 83.7 Å². The number of ketones is 3. The summed E-state index contributed by atoms with van der Waals surface area (Å²) in [5.74, 6) is 5.97. The standard InChI is InChI=1S/C52H35ClO4.C26H19ClO4/c1-34-10-12-35(13-11-34)50(54)37-16-26-42(27-17-37)56-44-30-20-39(21-31-44)52(48-8-4-2-6-46(48)47-7-3-5-9-49(47)52)40-22-32-45(33-23-40)57-43-28-18-38(19-29-43)51(55)36-14-24-41(53)25-15-36;1-29-21-10-12-23(13-11-21)31-25-16-14-24(15-17-25)30-22-8-4-19(5-9-22)26(28)18-2-6-20(27)7-3-18/h2-33H,1H3;2-17H,1H3. The first-order valence-corrected chi connectivity index (χ1v) is 29.1. The molecule has 0 bridgehead atoms. The van der Waals surface area contributed by atoms with E-state index < -0.39 is 5.41 Å². The van der Waals surface area contributed by atoms with Crippen molar-refractivity contribution in [2.24, 2.45) is 0 Å². The molecule has 1 aliphatic carbocycles. The number of hydrogen-bond acceptors (Lipinski definition) is 8. The Labute approximate surface area is 520 Å². The van der Waals surface area contributed by atoms with Gasteiger partial charge in [0, 0.05) is 43.4 Å². The Kier molecular flexibility index (Phi) is 16.9. The Hall–Kier alpha value is -10.8. The van der Waals surface area contributed by atoms with E-state index in [9.17, 15) is 14.4 Å². The van der Waals surface area contributed by atoms with Crippen LogP contribution >= 0.6 is 23.2 Å². The first kappa shape index (κ1) is 57.7. The Morgan fingerprint density at radius 3 is 0.795 bits per heavy atom. The SMILES string of the molecule is COc1ccc(Oc2ccc(Oc3ccc(C(=O)c4ccc(Cl)cc4)cc3)cc2)cc1.Cc1ccc(C(=O)c2ccc(Oc3ccc(C4(c5ccc(Oc6ccc(C(=O)c7ccc(Cl)cc7)cc6)cc5)c5ccccc5-c5ccccc54)cc3)cc2)cc1. The normalized spacial score (nSPS) is 11.6. The van der Waals surface area contributed by atoms with Crippen molar-refractivity contribution in [3.05, 3.63) is 362 Å². The molecule has 10 heteroatoms. The summed E-state index contributed by atoms with van der Waals surface area (Å²) in [5, 5.41) is 1.19. The molecule has 0 saturated carbocycles. The summed E-state index contributed by atoms with van der Waals surface area (Å²) in [5.41, 5.74) is 11.1. The fraction of sp³-hybridized carbons (Fsp3) is 0.0385. The summed E-state index contributed by atoms with van der Waals surface area (Å²) in [6, 6.07) is 91.2. The van der Waals surface area contributed by atoms with Crippen LogP contribution < -0.4 is 23.7 Å². The van der Waals surface area contributed by atoms with E-state index in [0.717, 1.165) is 28.2 Å². The number of ether oxygens (including phenoxy) is 5. The summed E-state index contributed by atoms with van der Waals surface area (Å²) >= 11 is 11.9. The molecule has 0 saturated heterocycles. The van der Waals surface area contributed by atoms with Gasteiger partial charge in [0.15, 0.2) is 17.3 Å². The number of halogens is 2. The van der Waals surface area contributed by atoms with Gasteiger partial charge in [-0.25, -0.2) is 0 Å². The van der Waals surface area contributed by atoms with Crippen molar-refractivity contribution in [3.8, 4) is 62.9 Å². The molecule has 12 aromatic carbocycles. The van der Waals surface area contributed by atoms with Gasteiger partial charge in [-0.2, -0.15) is 0 Å². The van der Waals surface area contributed by atoms with Crippen molar-refractivity contribution >= 4 is 40.6 Å². The van der Waals surface area contributed by atoms with Crippen molar-refractivity contribution < 1.29 is 38.1 Å². The zero-order chi connectivity index (χ0) is 60.6. The maximum Gasteiger partial charge on any atom is 0.193 e. The molecule has 0 atom stereocenters. The van der Waals surface area contributed by atoms with E-state index in [-0.39, 0.29) is 17.3 Å². The Balaban J connectivity index is 0.000000205. The van der Waals surface area contributed by atoms with Gasteiger partial charge < -0.3 is 23.7 Å². The summed E-state index contributed by atoms with van der Waals surface area (Å²) in [7, 11) is 1.62. The zero-order valence-corrected chi connectivity index (χ0v) is 49.2. The molecule has 8 nitrogen and oxygen atoms in total. The second-order valence-corrected chi connectivity index (χ2v) is 21.8. The van der Waals surface area contributed by atoms with Crippen LogP contribution in [0.1, 0.15) is 75.6 Å². The van der Waals surface area contributed by atoms with Gasteiger partial charge in [0.25, 0.3) is 0 Å². The average molecular weight is 1190 g/mol. The summed E-state index contributed by atoms with van der Waals surface area (Å²) in [6.45, 7) is 2.00. The number of hydrogen-bond donors (Lipinski definition) is 0. The largest absolute Gasteiger partial charge is 0.497 e. The smallest absolute Gasteiger partial charge is 0.193 e. The number of carbonyl (C=O) groups excluding carboxylic acids is 3. The van der Waals surface area contributed by atoms with E-state index >= 15 is 0 Å². The Bertz CT molecular complexity index is 4220. The maximum absolute atomic E-state index is 13.0. The van der Waals surface area contributed by atoms with Crippen LogP contribution in [0.5, 0.6) is 51.7 Å². The van der Waals surface area contributed by atoms with Crippen molar-refractivity contribution in [2.45, 2.75) is 12.3 Å². The number of methoxy groups -OCH3 is 1. The van der Waals surface area contributed by atoms with E-state index in [1.165, 1.54) is 22.3 Å². The van der Waals surface area contributed by atoms with E-state index in [1.54, 1.807) is 104 Å². The molecular weight excluding hydrogens is 1140 g/mol. The van der Waals surface area contributed by atoms with Crippen LogP contribution in [0.15, 0.2) is 291 Å². The molecule has 0 aliphatic heterocycles. The molecule has 12 aromatic rings. The van der Waals surface area contributed by atoms with Crippen molar-refractivity contribution in [3.63, 3.8) is 0 Å². The quantitative estimate of drug-likeness (QED) is 0.0832. The van der Waals surface area contributed by atoms with Gasteiger partial charge in [-0.3, -0.25) is 14.4 Å². The predicted octanol–water partition coefficient (Wildman–Crippen LogP) is 20.2. The minimum atomic E-state index is -0.605. The highest BCUT2D eigenvalue weighted by Gasteiger charge is 2.46. The molecule has 0 heterocycles. The van der Waals surface area contributed by atoms with Crippen molar-refractivity contribution in [2.75, 3.05) is 7.11 Å². The van der Waals surface area contributed by atoms with Crippen LogP contribution in [0.2, 0.25) is 10.0 Å². The van der Waals surface area contributed by atoms with Gasteiger partial charge in [0.1, 0.15) is 51.7 Å². The summed E-state index contributed by atoms with van der Waals surface area (Å²) in [4.78, 5) is 38.6. The van der Waals surface area contributed by atoms with Gasteiger partial charge in [-0.1, -0.05) is 126 Å². The van der Waals surface area contributed by atoms with Gasteiger partial charge in [-0.05, 0) is 234 Å². The molecule has 13 rings (SSSR count). The number of aryl methyl sites for hydroxylation is 1. The fourth-order valence-electron chi connectivity index (χ4n) is 10.8. The molecule has 0 fully saturated rings. The van der Waals surface area contributed by atoms with Crippen LogP contribution in [0.3, 0.4) is 0 Å². The van der Waals surface area contributed by atoms with E-state index in [1.807, 2.05) is 128 Å². The van der Waals surface area contributed by atoms with Gasteiger partial charge >= 0.3 is 0 Å². The van der Waals surface area contributed by atoms with Gasteiger partial charge in [0.2, 0.25) is 0 Å². The topological polar surface area (TPSA) is 97.4 Å². The van der Waals surface area contributed by atoms with E-state index in [4.69, 9.17) is 46.9 Å². The first-order valence-electron chi connectivity index (χ1n) is 28.4. The second kappa shape index (κ2) is 25.8. The lowest BCUT2D eigenvalue weighted by atomic mass is 9.68. The third kappa shape index (κ3) is 12.6. The van der Waals surface area contributed by atoms with E-state index in [2.05, 4.69) is 72.8 Å². The monoisotopic (exact) mass is 1190 g/mol. The highest BCUT2D eigenvalue weighted by atomic mass is 35.5. The number of carbonyl (C=O) groups is 3. The number of rotatable bonds is 17. The molecule has 0 amide bonds. The Morgan fingerprint density at radius 1 is 0.284 bits per heavy atom. The lowest BCUT2D eigenvalue weighted by Crippen LogP contribution is -2.28. The van der Waals surface area contributed by atoms with Crippen LogP contribution in [-0.4, -0.2) is 24.5 Å². The molecule has 0 N–H and O–H groups in total. The lowest BCUT2D eigenvalue weighted by molar-refractivity contribution is 0.103. The van der Waals surface area contributed by atoms with Crippen molar-refractivity contribution in [1.82, 2.24) is 0 Å². The van der Waals surface area contributed by atoms with Crippen molar-refractivity contribution in [1.29, 1.82) is 0 Å². The first-order chi connectivity index (χ1) is 43.0. The van der Waals surface area contributed by atoms with Gasteiger partial charge in [0.05, 0.1) is 12.5 Å². The highest BCUT2D eigenvalue weighted by Crippen LogP contribution is 2.56. The fourth-order valence-corrected chi connectivity index (χ4v) is 11.0. The Morgan fingerprint density at radius 2 is 0.511 bits per heavy atom. The highest BCUT2D eigenvalue weighted by molar-refractivity contribution is 6.31. The zero-order valence-electron chi connectivity index (χ0n) is 47.7. The maximum atomic E-state index is 13.0. The molecule has 0 spiro atoms. The summed E-state index contributed by atoms with van der Waals surface area (Å²) < 4.78 is 29.4.